The molecule has 16 nitrogen and oxygen atoms in total. The number of aliphatic hydroxyl groups is 6. The molecule has 3 unspecified atom stereocenters. The molecule has 3 atom stereocenters. The molecule has 0 aromatic carbocycles. The van der Waals surface area contributed by atoms with Crippen molar-refractivity contribution in [3.8, 4) is 23.0 Å². The molecule has 62 heavy (non-hydrogen) atoms. The van der Waals surface area contributed by atoms with Crippen LogP contribution in [0.4, 0.5) is 11.6 Å². The summed E-state index contributed by atoms with van der Waals surface area (Å²) in [4.78, 5) is 31.5. The Labute approximate surface area is 376 Å². The molecule has 0 fully saturated rings. The number of rotatable bonds is 17. The van der Waals surface area contributed by atoms with E-state index in [0.717, 1.165) is 21.2 Å². The van der Waals surface area contributed by atoms with Crippen LogP contribution in [0.2, 0.25) is 6.82 Å². The molecule has 0 amide bonds. The fraction of sp³-hybridized carbons (Fsp3) is 0.415. The molecule has 0 saturated heterocycles. The first-order valence-electron chi connectivity index (χ1n) is 19.7. The van der Waals surface area contributed by atoms with E-state index in [2.05, 4.69) is 40.2 Å². The first-order chi connectivity index (χ1) is 29.6. The van der Waals surface area contributed by atoms with E-state index in [9.17, 15) is 25.5 Å². The zero-order valence-corrected chi connectivity index (χ0v) is 38.8. The van der Waals surface area contributed by atoms with Crippen LogP contribution in [0.25, 0.3) is 0 Å². The Balaban J connectivity index is 0.000000318. The van der Waals surface area contributed by atoms with Crippen molar-refractivity contribution in [2.75, 3.05) is 24.7 Å². The third-order valence-corrected chi connectivity index (χ3v) is 11.2. The fourth-order valence-electron chi connectivity index (χ4n) is 4.74. The number of aliphatic hydroxyl groups excluding tert-OH is 5. The summed E-state index contributed by atoms with van der Waals surface area (Å²) in [5.41, 5.74) is 1.55. The van der Waals surface area contributed by atoms with Gasteiger partial charge >= 0.3 is 364 Å². The standard InChI is InChI=1S/C21H29BN4O4S.C18H21BN4O4S2.C2H6/c1-13-17(7-6-8-23-13)30-18-9-15(31-12-21(3,4)29)10-24-20(18)26-14(2)25-19(22-5)16(28)11-27;1-10(25)9-28-12-6-15(27-14-4-3-5-20-11(14)2)17(21-7-12)23-18-22-16(19-29-18)13(26)8-24;1-2/h6-10,16,27-29H,11-12H2,1-5H3,(H,24,25,26);3-7,10,13,24-26H,8-9H2,1-2H3,(H,21,22,23);1-2H3. The average Bonchev–Trinajstić information content (AvgIpc) is 3.73. The van der Waals surface area contributed by atoms with Crippen LogP contribution in [-0.4, -0.2) is 123 Å². The molecule has 0 aliphatic carbocycles. The molecule has 332 valence electrons. The number of aromatic nitrogens is 5. The van der Waals surface area contributed by atoms with Crippen molar-refractivity contribution in [1.29, 1.82) is 0 Å². The summed E-state index contributed by atoms with van der Waals surface area (Å²) in [5, 5.41) is 60.4. The minimum absolute atomic E-state index is 0.342. The topological polar surface area (TPSA) is 244 Å². The molecule has 0 aliphatic heterocycles. The molecule has 0 saturated carbocycles. The van der Waals surface area contributed by atoms with Crippen molar-refractivity contribution in [1.82, 2.24) is 30.2 Å². The van der Waals surface area contributed by atoms with Gasteiger partial charge in [-0.1, -0.05) is 13.8 Å². The summed E-state index contributed by atoms with van der Waals surface area (Å²) in [7, 11) is 0. The summed E-state index contributed by atoms with van der Waals surface area (Å²) in [6.07, 6.45) is 5.96. The molecule has 5 aromatic heterocycles. The predicted octanol–water partition coefficient (Wildman–Crippen LogP) is 5.38. The van der Waals surface area contributed by atoms with Crippen molar-refractivity contribution in [2.24, 2.45) is 9.98 Å². The Bertz CT molecular complexity index is 2290. The molecule has 8 N–H and O–H groups in total. The van der Waals surface area contributed by atoms with Crippen LogP contribution >= 0.6 is 34.7 Å². The quantitative estimate of drug-likeness (QED) is 0.0253. The van der Waals surface area contributed by atoms with Gasteiger partial charge in [0.05, 0.1) is 0 Å². The van der Waals surface area contributed by atoms with Gasteiger partial charge in [0.2, 0.25) is 0 Å². The Morgan fingerprint density at radius 3 is 1.98 bits per heavy atom. The number of nitrogens with one attached hydrogen (secondary N) is 2. The van der Waals surface area contributed by atoms with Crippen molar-refractivity contribution in [3.63, 3.8) is 0 Å². The van der Waals surface area contributed by atoms with Gasteiger partial charge < -0.3 is 0 Å². The number of ether oxygens (including phenoxy) is 2. The Hall–Kier alpha value is -4.31. The Kier molecular flexibility index (Phi) is 22.1. The van der Waals surface area contributed by atoms with E-state index in [4.69, 9.17) is 14.6 Å². The van der Waals surface area contributed by atoms with Crippen molar-refractivity contribution < 1.29 is 40.1 Å². The third kappa shape index (κ3) is 17.5. The normalized spacial score (nSPS) is 13.4. The second-order valence-electron chi connectivity index (χ2n) is 13.8. The van der Waals surface area contributed by atoms with Gasteiger partial charge in [0.25, 0.3) is 0 Å². The number of hydrogen-bond acceptors (Lipinski definition) is 17. The third-order valence-electron chi connectivity index (χ3n) is 7.79. The molecule has 5 aromatic rings. The summed E-state index contributed by atoms with van der Waals surface area (Å²) < 4.78 is 12.1. The van der Waals surface area contributed by atoms with Crippen LogP contribution in [0.5, 0.6) is 23.0 Å². The van der Waals surface area contributed by atoms with Crippen LogP contribution < -0.4 is 19.6 Å². The van der Waals surface area contributed by atoms with E-state index in [0.29, 0.717) is 68.0 Å². The van der Waals surface area contributed by atoms with Gasteiger partial charge in [0.15, 0.2) is 0 Å². The molecule has 0 aliphatic rings. The van der Waals surface area contributed by atoms with Crippen molar-refractivity contribution in [2.45, 2.75) is 95.9 Å². The van der Waals surface area contributed by atoms with Gasteiger partial charge in [-0.15, -0.1) is 0 Å². The van der Waals surface area contributed by atoms with E-state index >= 15 is 0 Å². The van der Waals surface area contributed by atoms with Crippen LogP contribution in [-0.2, 0) is 0 Å². The monoisotopic (exact) mass is 906 g/mol. The summed E-state index contributed by atoms with van der Waals surface area (Å²) in [6, 6.07) is 10.8. The van der Waals surface area contributed by atoms with Gasteiger partial charge in [0.1, 0.15) is 0 Å². The van der Waals surface area contributed by atoms with Crippen molar-refractivity contribution in [3.05, 3.63) is 83.0 Å². The molecule has 21 heteroatoms. The minimum atomic E-state index is -1.03. The zero-order valence-electron chi connectivity index (χ0n) is 36.4. The Morgan fingerprint density at radius 1 is 0.903 bits per heavy atom. The second kappa shape index (κ2) is 26.3. The maximum absolute atomic E-state index is 10.0. The summed E-state index contributed by atoms with van der Waals surface area (Å²) in [6.45, 7) is 17.3. The van der Waals surface area contributed by atoms with Gasteiger partial charge in [0, 0.05) is 0 Å². The molecule has 0 radical (unpaired) electrons. The first kappa shape index (κ1) is 52.0. The van der Waals surface area contributed by atoms with Crippen LogP contribution in [0.1, 0.15) is 64.6 Å². The summed E-state index contributed by atoms with van der Waals surface area (Å²) in [5.74, 6) is 4.25. The van der Waals surface area contributed by atoms with E-state index in [1.807, 2.05) is 52.0 Å². The number of hydrogen-bond donors (Lipinski definition) is 8. The molecular weight excluding hydrogens is 850 g/mol. The number of pyridine rings is 4. The fourth-order valence-corrected chi connectivity index (χ4v) is 7.10. The van der Waals surface area contributed by atoms with Crippen LogP contribution in [0.3, 0.4) is 0 Å². The van der Waals surface area contributed by atoms with Gasteiger partial charge in [-0.25, -0.2) is 0 Å². The second-order valence-corrected chi connectivity index (χ2v) is 16.8. The Morgan fingerprint density at radius 2 is 1.47 bits per heavy atom. The van der Waals surface area contributed by atoms with Gasteiger partial charge in [-0.3, -0.25) is 0 Å². The molecule has 0 bridgehead atoms. The number of thioether (sulfide) groups is 2. The number of amidine groups is 1. The molecule has 0 spiro atoms. The average molecular weight is 907 g/mol. The number of H-pyrrole nitrogens is 1. The number of aryl methyl sites for hydroxylation is 2. The maximum atomic E-state index is 10.0. The number of nitrogens with zero attached hydrogens (tertiary/aromatic N) is 6. The zero-order chi connectivity index (χ0) is 45.8. The van der Waals surface area contributed by atoms with Crippen LogP contribution in [0, 0.1) is 13.8 Å². The molecular formula is C41H56B2N8O8S3. The van der Waals surface area contributed by atoms with Gasteiger partial charge in [-0.05, 0) is 0 Å². The molecule has 5 rings (SSSR count). The summed E-state index contributed by atoms with van der Waals surface area (Å²) >= 11 is 4.22. The number of aliphatic imine (C=N–C) groups is 1. The van der Waals surface area contributed by atoms with E-state index in [1.165, 1.54) is 34.7 Å². The van der Waals surface area contributed by atoms with Crippen molar-refractivity contribution >= 4 is 70.9 Å². The SMILES string of the molecule is CB=C(N/C(C)=N/c1ncc(SCC(C)(C)O)cc1Oc1cccnc1C)C(O)CO.CC.Cc1ncccc1Oc1cc(SCC(C)O)cnc1/N=c1/[nH]c(C(O)CO)bs1. The number of aromatic amines is 1. The first-order valence-corrected chi connectivity index (χ1v) is 22.6. The van der Waals surface area contributed by atoms with E-state index in [1.54, 1.807) is 84.5 Å². The van der Waals surface area contributed by atoms with E-state index < -0.39 is 30.5 Å². The molecule has 5 heterocycles. The van der Waals surface area contributed by atoms with E-state index in [-0.39, 0.29) is 6.61 Å². The van der Waals surface area contributed by atoms with Gasteiger partial charge in [-0.2, -0.15) is 0 Å². The predicted molar refractivity (Wildman–Crippen MR) is 250 cm³/mol. The van der Waals surface area contributed by atoms with Crippen LogP contribution in [0.15, 0.2) is 81.0 Å².